The molecule has 3 nitrogen and oxygen atoms in total. The average Bonchev–Trinajstić information content (AvgIpc) is 2.42. The monoisotopic (exact) mass is 249 g/mol. The van der Waals surface area contributed by atoms with Crippen LogP contribution in [-0.2, 0) is 13.2 Å². The van der Waals surface area contributed by atoms with Crippen LogP contribution in [0.1, 0.15) is 36.8 Å². The van der Waals surface area contributed by atoms with E-state index < -0.39 is 0 Å². The van der Waals surface area contributed by atoms with Gasteiger partial charge in [-0.1, -0.05) is 24.3 Å². The molecule has 100 valence electrons. The molecule has 18 heavy (non-hydrogen) atoms. The van der Waals surface area contributed by atoms with Crippen LogP contribution in [0.4, 0.5) is 0 Å². The Kier molecular flexibility index (Phi) is 5.17. The maximum atomic E-state index is 9.44. The molecule has 2 rings (SSSR count). The van der Waals surface area contributed by atoms with Gasteiger partial charge in [0.05, 0.1) is 12.7 Å². The van der Waals surface area contributed by atoms with Gasteiger partial charge in [-0.2, -0.15) is 0 Å². The predicted molar refractivity (Wildman–Crippen MR) is 72.0 cm³/mol. The van der Waals surface area contributed by atoms with Crippen LogP contribution < -0.4 is 5.32 Å². The number of aliphatic hydroxyl groups excluding tert-OH is 2. The van der Waals surface area contributed by atoms with Crippen molar-refractivity contribution >= 4 is 0 Å². The highest BCUT2D eigenvalue weighted by atomic mass is 16.3. The molecule has 1 aromatic rings. The molecule has 1 aromatic carbocycles. The molecule has 0 bridgehead atoms. The Morgan fingerprint density at radius 2 is 1.61 bits per heavy atom. The van der Waals surface area contributed by atoms with Crippen LogP contribution in [0.3, 0.4) is 0 Å². The first kappa shape index (κ1) is 13.5. The molecule has 1 aliphatic carbocycles. The molecule has 0 heterocycles. The van der Waals surface area contributed by atoms with E-state index in [1.54, 1.807) is 0 Å². The van der Waals surface area contributed by atoms with Gasteiger partial charge < -0.3 is 15.5 Å². The minimum Gasteiger partial charge on any atom is -0.393 e. The molecule has 0 spiro atoms. The van der Waals surface area contributed by atoms with Crippen LogP contribution in [0.5, 0.6) is 0 Å². The van der Waals surface area contributed by atoms with E-state index in [1.807, 2.05) is 12.1 Å². The van der Waals surface area contributed by atoms with Crippen molar-refractivity contribution in [3.05, 3.63) is 35.4 Å². The zero-order chi connectivity index (χ0) is 12.8. The van der Waals surface area contributed by atoms with Crippen LogP contribution >= 0.6 is 0 Å². The predicted octanol–water partition coefficient (Wildman–Crippen LogP) is 1.82. The topological polar surface area (TPSA) is 52.5 Å². The summed E-state index contributed by atoms with van der Waals surface area (Å²) in [6.45, 7) is 2.03. The van der Waals surface area contributed by atoms with Crippen LogP contribution in [0.2, 0.25) is 0 Å². The first-order valence-corrected chi connectivity index (χ1v) is 6.85. The molecule has 1 saturated carbocycles. The van der Waals surface area contributed by atoms with Crippen molar-refractivity contribution in [3.63, 3.8) is 0 Å². The lowest BCUT2D eigenvalue weighted by Gasteiger charge is -2.25. The molecular weight excluding hydrogens is 226 g/mol. The Bertz CT molecular complexity index is 342. The number of aliphatic hydroxyl groups is 2. The standard InChI is InChI=1S/C15H23NO2/c17-11-14-3-1-12(2-4-14)9-16-10-13-5-7-15(18)8-6-13/h1-4,13,15-18H,5-11H2. The summed E-state index contributed by atoms with van der Waals surface area (Å²) < 4.78 is 0. The van der Waals surface area contributed by atoms with E-state index in [0.29, 0.717) is 5.92 Å². The fourth-order valence-corrected chi connectivity index (χ4v) is 2.53. The molecule has 3 N–H and O–H groups in total. The normalized spacial score (nSPS) is 24.1. The third-order valence-corrected chi connectivity index (χ3v) is 3.78. The van der Waals surface area contributed by atoms with Gasteiger partial charge in [0.1, 0.15) is 0 Å². The largest absolute Gasteiger partial charge is 0.393 e. The molecule has 1 fully saturated rings. The summed E-state index contributed by atoms with van der Waals surface area (Å²) in [5.41, 5.74) is 2.21. The Morgan fingerprint density at radius 3 is 2.22 bits per heavy atom. The van der Waals surface area contributed by atoms with Crippen LogP contribution in [0, 0.1) is 5.92 Å². The van der Waals surface area contributed by atoms with Gasteiger partial charge in [-0.3, -0.25) is 0 Å². The molecule has 0 aromatic heterocycles. The second kappa shape index (κ2) is 6.88. The van der Waals surface area contributed by atoms with E-state index >= 15 is 0 Å². The van der Waals surface area contributed by atoms with E-state index in [2.05, 4.69) is 17.4 Å². The minimum atomic E-state index is -0.0627. The second-order valence-corrected chi connectivity index (χ2v) is 5.28. The molecule has 0 amide bonds. The van der Waals surface area contributed by atoms with E-state index in [1.165, 1.54) is 5.56 Å². The molecule has 0 saturated heterocycles. The lowest BCUT2D eigenvalue weighted by atomic mass is 9.87. The highest BCUT2D eigenvalue weighted by molar-refractivity contribution is 5.21. The fraction of sp³-hybridized carbons (Fsp3) is 0.600. The van der Waals surface area contributed by atoms with Gasteiger partial charge in [0, 0.05) is 6.54 Å². The van der Waals surface area contributed by atoms with Crippen molar-refractivity contribution in [2.75, 3.05) is 6.54 Å². The van der Waals surface area contributed by atoms with Crippen LogP contribution in [0.25, 0.3) is 0 Å². The summed E-state index contributed by atoms with van der Waals surface area (Å²) in [7, 11) is 0. The zero-order valence-corrected chi connectivity index (χ0v) is 10.8. The number of benzene rings is 1. The van der Waals surface area contributed by atoms with Gasteiger partial charge in [0.2, 0.25) is 0 Å². The van der Waals surface area contributed by atoms with Crippen molar-refractivity contribution in [2.24, 2.45) is 5.92 Å². The van der Waals surface area contributed by atoms with E-state index in [9.17, 15) is 5.11 Å². The molecule has 3 heteroatoms. The molecular formula is C15H23NO2. The maximum Gasteiger partial charge on any atom is 0.0681 e. The number of nitrogens with one attached hydrogen (secondary N) is 1. The van der Waals surface area contributed by atoms with Crippen molar-refractivity contribution in [1.82, 2.24) is 5.32 Å². The van der Waals surface area contributed by atoms with Gasteiger partial charge in [0.15, 0.2) is 0 Å². The maximum absolute atomic E-state index is 9.44. The lowest BCUT2D eigenvalue weighted by molar-refractivity contribution is 0.108. The van der Waals surface area contributed by atoms with Crippen molar-refractivity contribution in [3.8, 4) is 0 Å². The van der Waals surface area contributed by atoms with Gasteiger partial charge >= 0.3 is 0 Å². The lowest BCUT2D eigenvalue weighted by Crippen LogP contribution is -2.27. The Labute approximate surface area is 109 Å². The summed E-state index contributed by atoms with van der Waals surface area (Å²) in [5, 5.41) is 21.9. The Morgan fingerprint density at radius 1 is 1.00 bits per heavy atom. The first-order valence-electron chi connectivity index (χ1n) is 6.85. The van der Waals surface area contributed by atoms with Crippen molar-refractivity contribution in [2.45, 2.75) is 44.9 Å². The Hall–Kier alpha value is -0.900. The molecule has 0 atom stereocenters. The number of hydrogen-bond donors (Lipinski definition) is 3. The van der Waals surface area contributed by atoms with Gasteiger partial charge in [-0.05, 0) is 49.3 Å². The SMILES string of the molecule is OCc1ccc(CNCC2CCC(O)CC2)cc1. The zero-order valence-electron chi connectivity index (χ0n) is 10.8. The fourth-order valence-electron chi connectivity index (χ4n) is 2.53. The smallest absolute Gasteiger partial charge is 0.0681 e. The highest BCUT2D eigenvalue weighted by Gasteiger charge is 2.18. The minimum absolute atomic E-state index is 0.0627. The summed E-state index contributed by atoms with van der Waals surface area (Å²) in [6, 6.07) is 8.05. The molecule has 1 aliphatic rings. The number of hydrogen-bond acceptors (Lipinski definition) is 3. The van der Waals surface area contributed by atoms with E-state index in [0.717, 1.165) is 44.3 Å². The third-order valence-electron chi connectivity index (χ3n) is 3.78. The molecule has 0 aliphatic heterocycles. The van der Waals surface area contributed by atoms with Crippen LogP contribution in [0.15, 0.2) is 24.3 Å². The average molecular weight is 249 g/mol. The quantitative estimate of drug-likeness (QED) is 0.746. The van der Waals surface area contributed by atoms with Gasteiger partial charge in [0.25, 0.3) is 0 Å². The van der Waals surface area contributed by atoms with E-state index in [4.69, 9.17) is 5.11 Å². The second-order valence-electron chi connectivity index (χ2n) is 5.28. The first-order chi connectivity index (χ1) is 8.78. The highest BCUT2D eigenvalue weighted by Crippen LogP contribution is 2.23. The summed E-state index contributed by atoms with van der Waals surface area (Å²) in [6.07, 6.45) is 4.12. The third kappa shape index (κ3) is 4.09. The van der Waals surface area contributed by atoms with Gasteiger partial charge in [-0.15, -0.1) is 0 Å². The molecule has 0 radical (unpaired) electrons. The Balaban J connectivity index is 1.68. The number of rotatable bonds is 5. The van der Waals surface area contributed by atoms with Crippen LogP contribution in [-0.4, -0.2) is 22.9 Å². The van der Waals surface area contributed by atoms with Crippen molar-refractivity contribution < 1.29 is 10.2 Å². The molecule has 0 unspecified atom stereocenters. The van der Waals surface area contributed by atoms with Crippen molar-refractivity contribution in [1.29, 1.82) is 0 Å². The van der Waals surface area contributed by atoms with Gasteiger partial charge in [-0.25, -0.2) is 0 Å². The summed E-state index contributed by atoms with van der Waals surface area (Å²) in [4.78, 5) is 0. The van der Waals surface area contributed by atoms with E-state index in [-0.39, 0.29) is 12.7 Å². The summed E-state index contributed by atoms with van der Waals surface area (Å²) in [5.74, 6) is 0.713. The summed E-state index contributed by atoms with van der Waals surface area (Å²) >= 11 is 0.